The summed E-state index contributed by atoms with van der Waals surface area (Å²) in [5.74, 6) is 0.454. The van der Waals surface area contributed by atoms with Crippen molar-refractivity contribution in [2.24, 2.45) is 0 Å². The minimum atomic E-state index is -0.255. The highest BCUT2D eigenvalue weighted by molar-refractivity contribution is 5.70. The molecule has 1 fully saturated rings. The Morgan fingerprint density at radius 3 is 2.79 bits per heavy atom. The summed E-state index contributed by atoms with van der Waals surface area (Å²) in [6, 6.07) is 5.00. The topological polar surface area (TPSA) is 63.8 Å². The van der Waals surface area contributed by atoms with Gasteiger partial charge in [0.15, 0.2) is 0 Å². The van der Waals surface area contributed by atoms with Crippen LogP contribution in [0.1, 0.15) is 17.2 Å². The van der Waals surface area contributed by atoms with Crippen molar-refractivity contribution in [3.05, 3.63) is 41.5 Å². The summed E-state index contributed by atoms with van der Waals surface area (Å²) in [7, 11) is 0. The fourth-order valence-electron chi connectivity index (χ4n) is 2.06. The normalized spacial score (nSPS) is 15.3. The Bertz CT molecular complexity index is 623. The van der Waals surface area contributed by atoms with Crippen molar-refractivity contribution in [2.75, 3.05) is 18.8 Å². The number of nitrogens with two attached hydrogens (primary N) is 1. The lowest BCUT2D eigenvalue weighted by Crippen LogP contribution is -2.40. The predicted octanol–water partition coefficient (Wildman–Crippen LogP) is 1.86. The number of benzene rings is 1. The monoisotopic (exact) mass is 258 g/mol. The van der Waals surface area contributed by atoms with Crippen LogP contribution in [0.3, 0.4) is 0 Å². The number of aromatic nitrogens is 2. The lowest BCUT2D eigenvalue weighted by molar-refractivity contribution is 0.439. The van der Waals surface area contributed by atoms with Gasteiger partial charge in [0.05, 0.1) is 11.9 Å². The molecule has 19 heavy (non-hydrogen) atoms. The Morgan fingerprint density at radius 2 is 2.16 bits per heavy atom. The van der Waals surface area contributed by atoms with Crippen molar-refractivity contribution in [3.8, 4) is 11.3 Å². The number of hydrogen-bond donors (Lipinski definition) is 2. The molecule has 0 unspecified atom stereocenters. The van der Waals surface area contributed by atoms with Gasteiger partial charge in [-0.3, -0.25) is 0 Å². The van der Waals surface area contributed by atoms with Crippen LogP contribution < -0.4 is 11.1 Å². The van der Waals surface area contributed by atoms with Gasteiger partial charge in [-0.1, -0.05) is 12.1 Å². The molecule has 5 heteroatoms. The smallest absolute Gasteiger partial charge is 0.150 e. The molecule has 0 radical (unpaired) electrons. The largest absolute Gasteiger partial charge is 0.382 e. The molecular weight excluding hydrogens is 243 g/mol. The molecule has 1 saturated heterocycles. The van der Waals surface area contributed by atoms with Gasteiger partial charge in [0.1, 0.15) is 17.3 Å². The maximum atomic E-state index is 13.6. The molecule has 3 N–H and O–H groups in total. The molecule has 1 aromatic heterocycles. The number of aryl methyl sites for hydroxylation is 1. The Labute approximate surface area is 110 Å². The number of anilines is 1. The van der Waals surface area contributed by atoms with E-state index in [-0.39, 0.29) is 5.82 Å². The van der Waals surface area contributed by atoms with Crippen molar-refractivity contribution in [1.29, 1.82) is 0 Å². The fraction of sp³-hybridized carbons (Fsp3) is 0.286. The van der Waals surface area contributed by atoms with Crippen LogP contribution in [0.25, 0.3) is 11.3 Å². The average molecular weight is 258 g/mol. The van der Waals surface area contributed by atoms with Crippen molar-refractivity contribution in [3.63, 3.8) is 0 Å². The van der Waals surface area contributed by atoms with Crippen LogP contribution >= 0.6 is 0 Å². The molecule has 0 aliphatic carbocycles. The van der Waals surface area contributed by atoms with E-state index >= 15 is 0 Å². The summed E-state index contributed by atoms with van der Waals surface area (Å²) >= 11 is 0. The van der Waals surface area contributed by atoms with Crippen LogP contribution in [0.2, 0.25) is 0 Å². The van der Waals surface area contributed by atoms with Gasteiger partial charge in [0, 0.05) is 24.6 Å². The highest BCUT2D eigenvalue weighted by atomic mass is 19.1. The summed E-state index contributed by atoms with van der Waals surface area (Å²) < 4.78 is 13.6. The van der Waals surface area contributed by atoms with Gasteiger partial charge in [-0.15, -0.1) is 0 Å². The van der Waals surface area contributed by atoms with Crippen LogP contribution in [0.4, 0.5) is 10.2 Å². The molecule has 1 aliphatic rings. The molecule has 4 nitrogen and oxygen atoms in total. The Morgan fingerprint density at radius 1 is 1.37 bits per heavy atom. The minimum Gasteiger partial charge on any atom is -0.382 e. The highest BCUT2D eigenvalue weighted by Crippen LogP contribution is 2.26. The number of nitrogen functional groups attached to an aromatic ring is 1. The number of rotatable bonds is 2. The van der Waals surface area contributed by atoms with Crippen LogP contribution in [-0.2, 0) is 0 Å². The van der Waals surface area contributed by atoms with E-state index in [1.165, 1.54) is 6.07 Å². The van der Waals surface area contributed by atoms with Gasteiger partial charge in [0.2, 0.25) is 0 Å². The van der Waals surface area contributed by atoms with E-state index < -0.39 is 0 Å². The van der Waals surface area contributed by atoms with Gasteiger partial charge >= 0.3 is 0 Å². The number of nitrogens with zero attached hydrogens (tertiary/aromatic N) is 2. The number of nitrogens with one attached hydrogen (secondary N) is 1. The third-order valence-electron chi connectivity index (χ3n) is 3.46. The Kier molecular flexibility index (Phi) is 2.91. The summed E-state index contributed by atoms with van der Waals surface area (Å²) in [5.41, 5.74) is 8.60. The lowest BCUT2D eigenvalue weighted by atomic mass is 9.99. The molecule has 98 valence electrons. The third-order valence-corrected chi connectivity index (χ3v) is 3.46. The maximum Gasteiger partial charge on any atom is 0.150 e. The molecule has 3 rings (SSSR count). The van der Waals surface area contributed by atoms with Gasteiger partial charge in [-0.05, 0) is 18.6 Å². The lowest BCUT2D eigenvalue weighted by Gasteiger charge is -2.26. The minimum absolute atomic E-state index is 0.255. The van der Waals surface area contributed by atoms with E-state index in [1.807, 2.05) is 6.07 Å². The van der Waals surface area contributed by atoms with E-state index in [4.69, 9.17) is 5.73 Å². The van der Waals surface area contributed by atoms with E-state index in [0.29, 0.717) is 28.6 Å². The molecular formula is C14H15FN4. The van der Waals surface area contributed by atoms with Crippen molar-refractivity contribution >= 4 is 5.82 Å². The zero-order valence-corrected chi connectivity index (χ0v) is 10.7. The average Bonchev–Trinajstić information content (AvgIpc) is 2.33. The molecule has 0 spiro atoms. The first-order valence-corrected chi connectivity index (χ1v) is 6.25. The number of halogens is 1. The summed E-state index contributed by atoms with van der Waals surface area (Å²) in [6.07, 6.45) is 1.70. The van der Waals surface area contributed by atoms with Gasteiger partial charge < -0.3 is 11.1 Å². The Balaban J connectivity index is 2.04. The third kappa shape index (κ3) is 2.17. The first kappa shape index (κ1) is 12.0. The molecule has 1 aromatic carbocycles. The van der Waals surface area contributed by atoms with Gasteiger partial charge in [0.25, 0.3) is 0 Å². The van der Waals surface area contributed by atoms with Crippen LogP contribution in [0.5, 0.6) is 0 Å². The molecule has 0 amide bonds. The quantitative estimate of drug-likeness (QED) is 0.863. The van der Waals surface area contributed by atoms with E-state index in [1.54, 1.807) is 19.2 Å². The second-order valence-electron chi connectivity index (χ2n) is 4.85. The molecule has 2 heterocycles. The zero-order valence-electron chi connectivity index (χ0n) is 10.7. The highest BCUT2D eigenvalue weighted by Gasteiger charge is 2.22. The number of hydrogen-bond acceptors (Lipinski definition) is 4. The van der Waals surface area contributed by atoms with Gasteiger partial charge in [-0.2, -0.15) is 0 Å². The molecule has 0 atom stereocenters. The standard InChI is InChI=1S/C14H15FN4/c1-8-2-3-9(4-11(8)15)13-14(16)18-7-12(19-13)10-5-17-6-10/h2-4,7,10,17H,5-6H2,1H3,(H2,16,18). The van der Waals surface area contributed by atoms with Crippen molar-refractivity contribution in [2.45, 2.75) is 12.8 Å². The van der Waals surface area contributed by atoms with Crippen molar-refractivity contribution < 1.29 is 4.39 Å². The van der Waals surface area contributed by atoms with Crippen LogP contribution in [0.15, 0.2) is 24.4 Å². The van der Waals surface area contributed by atoms with E-state index in [9.17, 15) is 4.39 Å². The molecule has 0 saturated carbocycles. The van der Waals surface area contributed by atoms with Crippen LogP contribution in [-0.4, -0.2) is 23.1 Å². The molecule has 2 aromatic rings. The first-order valence-electron chi connectivity index (χ1n) is 6.25. The maximum absolute atomic E-state index is 13.6. The molecule has 1 aliphatic heterocycles. The summed E-state index contributed by atoms with van der Waals surface area (Å²) in [6.45, 7) is 3.53. The summed E-state index contributed by atoms with van der Waals surface area (Å²) in [5, 5.41) is 3.19. The second kappa shape index (κ2) is 4.59. The summed E-state index contributed by atoms with van der Waals surface area (Å²) in [4.78, 5) is 8.72. The van der Waals surface area contributed by atoms with E-state index in [0.717, 1.165) is 18.8 Å². The predicted molar refractivity (Wildman–Crippen MR) is 72.2 cm³/mol. The fourth-order valence-corrected chi connectivity index (χ4v) is 2.06. The zero-order chi connectivity index (χ0) is 13.4. The first-order chi connectivity index (χ1) is 9.15. The van der Waals surface area contributed by atoms with Gasteiger partial charge in [-0.25, -0.2) is 14.4 Å². The SMILES string of the molecule is Cc1ccc(-c2nc(C3CNC3)cnc2N)cc1F. The van der Waals surface area contributed by atoms with Crippen molar-refractivity contribution in [1.82, 2.24) is 15.3 Å². The molecule has 0 bridgehead atoms. The second-order valence-corrected chi connectivity index (χ2v) is 4.85. The van der Waals surface area contributed by atoms with E-state index in [2.05, 4.69) is 15.3 Å². The van der Waals surface area contributed by atoms with Crippen LogP contribution in [0, 0.1) is 12.7 Å². The Hall–Kier alpha value is -2.01.